The Hall–Kier alpha value is -0.900. The summed E-state index contributed by atoms with van der Waals surface area (Å²) in [5, 5.41) is 3.94. The van der Waals surface area contributed by atoms with Gasteiger partial charge in [-0.05, 0) is 61.3 Å². The van der Waals surface area contributed by atoms with Gasteiger partial charge in [-0.3, -0.25) is 0 Å². The summed E-state index contributed by atoms with van der Waals surface area (Å²) in [5.41, 5.74) is 2.89. The zero-order chi connectivity index (χ0) is 14.7. The number of aryl methyl sites for hydroxylation is 1. The summed E-state index contributed by atoms with van der Waals surface area (Å²) in [7, 11) is 1.87. The zero-order valence-electron chi connectivity index (χ0n) is 11.4. The minimum Gasteiger partial charge on any atom is -0.313 e. The van der Waals surface area contributed by atoms with E-state index in [1.54, 1.807) is 6.07 Å². The van der Waals surface area contributed by atoms with E-state index >= 15 is 0 Å². The van der Waals surface area contributed by atoms with Crippen LogP contribution in [0.3, 0.4) is 0 Å². The Balaban J connectivity index is 2.28. The van der Waals surface area contributed by atoms with Crippen LogP contribution in [0.4, 0.5) is 4.39 Å². The molecule has 1 unspecified atom stereocenters. The SMILES string of the molecule is CNC(Cc1ccc(Br)cc1Cl)c1cc(C)cc(F)c1. The van der Waals surface area contributed by atoms with Crippen molar-refractivity contribution in [2.45, 2.75) is 19.4 Å². The van der Waals surface area contributed by atoms with Crippen LogP contribution in [-0.4, -0.2) is 7.05 Å². The van der Waals surface area contributed by atoms with Crippen LogP contribution in [0.2, 0.25) is 5.02 Å². The van der Waals surface area contributed by atoms with Gasteiger partial charge >= 0.3 is 0 Å². The molecule has 0 radical (unpaired) electrons. The standard InChI is InChI=1S/C16H16BrClFN/c1-10-5-12(7-14(19)6-10)16(20-2)8-11-3-4-13(17)9-15(11)18/h3-7,9,16,20H,8H2,1-2H3. The van der Waals surface area contributed by atoms with Crippen molar-refractivity contribution in [2.75, 3.05) is 7.05 Å². The molecule has 0 aliphatic carbocycles. The molecule has 0 saturated heterocycles. The van der Waals surface area contributed by atoms with E-state index in [2.05, 4.69) is 21.2 Å². The summed E-state index contributed by atoms with van der Waals surface area (Å²) in [5.74, 6) is -0.206. The van der Waals surface area contributed by atoms with Gasteiger partial charge in [-0.25, -0.2) is 4.39 Å². The first-order valence-electron chi connectivity index (χ1n) is 6.38. The van der Waals surface area contributed by atoms with Gasteiger partial charge in [0.1, 0.15) is 5.82 Å². The van der Waals surface area contributed by atoms with E-state index < -0.39 is 0 Å². The van der Waals surface area contributed by atoms with Gasteiger partial charge in [-0.15, -0.1) is 0 Å². The van der Waals surface area contributed by atoms with E-state index in [9.17, 15) is 4.39 Å². The predicted octanol–water partition coefficient (Wildman–Crippen LogP) is 5.05. The summed E-state index contributed by atoms with van der Waals surface area (Å²) < 4.78 is 14.5. The summed E-state index contributed by atoms with van der Waals surface area (Å²) in [4.78, 5) is 0. The highest BCUT2D eigenvalue weighted by Gasteiger charge is 2.13. The second-order valence-corrected chi connectivity index (χ2v) is 6.17. The van der Waals surface area contributed by atoms with E-state index in [4.69, 9.17) is 11.6 Å². The maximum Gasteiger partial charge on any atom is 0.123 e. The lowest BCUT2D eigenvalue weighted by Gasteiger charge is -2.18. The van der Waals surface area contributed by atoms with Gasteiger partial charge in [-0.1, -0.05) is 39.7 Å². The number of rotatable bonds is 4. The van der Waals surface area contributed by atoms with Gasteiger partial charge < -0.3 is 5.32 Å². The number of nitrogens with one attached hydrogen (secondary N) is 1. The smallest absolute Gasteiger partial charge is 0.123 e. The van der Waals surface area contributed by atoms with E-state index in [1.165, 1.54) is 6.07 Å². The minimum atomic E-state index is -0.206. The van der Waals surface area contributed by atoms with Crippen LogP contribution in [0, 0.1) is 12.7 Å². The molecule has 20 heavy (non-hydrogen) atoms. The third kappa shape index (κ3) is 3.81. The van der Waals surface area contributed by atoms with Gasteiger partial charge in [0.25, 0.3) is 0 Å². The molecule has 2 rings (SSSR count). The summed E-state index contributed by atoms with van der Waals surface area (Å²) in [6.45, 7) is 1.89. The number of benzene rings is 2. The van der Waals surface area contributed by atoms with E-state index in [0.29, 0.717) is 11.4 Å². The predicted molar refractivity (Wildman–Crippen MR) is 85.8 cm³/mol. The Morgan fingerprint density at radius 3 is 2.60 bits per heavy atom. The third-order valence-electron chi connectivity index (χ3n) is 3.25. The van der Waals surface area contributed by atoms with Crippen molar-refractivity contribution in [2.24, 2.45) is 0 Å². The summed E-state index contributed by atoms with van der Waals surface area (Å²) in [6.07, 6.45) is 0.714. The van der Waals surface area contributed by atoms with Gasteiger partial charge in [0, 0.05) is 15.5 Å². The first-order valence-corrected chi connectivity index (χ1v) is 7.55. The number of likely N-dealkylation sites (N-methyl/N-ethyl adjacent to an activating group) is 1. The summed E-state index contributed by atoms with van der Waals surface area (Å²) >= 11 is 9.64. The molecular formula is C16H16BrClFN. The lowest BCUT2D eigenvalue weighted by Crippen LogP contribution is -2.19. The van der Waals surface area contributed by atoms with Gasteiger partial charge in [0.15, 0.2) is 0 Å². The second kappa shape index (κ2) is 6.70. The average molecular weight is 357 g/mol. The molecule has 1 N–H and O–H groups in total. The van der Waals surface area contributed by atoms with Gasteiger partial charge in [-0.2, -0.15) is 0 Å². The number of hydrogen-bond donors (Lipinski definition) is 1. The fraction of sp³-hybridized carbons (Fsp3) is 0.250. The molecule has 0 bridgehead atoms. The Bertz CT molecular complexity index is 595. The van der Waals surface area contributed by atoms with Crippen LogP contribution >= 0.6 is 27.5 Å². The fourth-order valence-corrected chi connectivity index (χ4v) is 3.01. The fourth-order valence-electron chi connectivity index (χ4n) is 2.26. The molecular weight excluding hydrogens is 341 g/mol. The van der Waals surface area contributed by atoms with Crippen molar-refractivity contribution in [1.82, 2.24) is 5.32 Å². The average Bonchev–Trinajstić information content (AvgIpc) is 2.36. The molecule has 0 saturated carbocycles. The van der Waals surface area contributed by atoms with E-state index in [0.717, 1.165) is 21.2 Å². The van der Waals surface area contributed by atoms with Crippen molar-refractivity contribution in [3.63, 3.8) is 0 Å². The first-order chi connectivity index (χ1) is 9.49. The Morgan fingerprint density at radius 1 is 1.25 bits per heavy atom. The molecule has 0 aliphatic heterocycles. The molecule has 0 amide bonds. The highest BCUT2D eigenvalue weighted by atomic mass is 79.9. The molecule has 2 aromatic rings. The number of hydrogen-bond acceptors (Lipinski definition) is 1. The minimum absolute atomic E-state index is 0.0306. The maximum atomic E-state index is 13.5. The van der Waals surface area contributed by atoms with Gasteiger partial charge in [0.05, 0.1) is 0 Å². The molecule has 0 fully saturated rings. The zero-order valence-corrected chi connectivity index (χ0v) is 13.7. The second-order valence-electron chi connectivity index (χ2n) is 4.84. The van der Waals surface area contributed by atoms with Crippen LogP contribution in [0.25, 0.3) is 0 Å². The monoisotopic (exact) mass is 355 g/mol. The van der Waals surface area contributed by atoms with Crippen LogP contribution in [0.5, 0.6) is 0 Å². The van der Waals surface area contributed by atoms with Crippen molar-refractivity contribution >= 4 is 27.5 Å². The summed E-state index contributed by atoms with van der Waals surface area (Å²) in [6, 6.07) is 11.0. The van der Waals surface area contributed by atoms with Crippen LogP contribution in [0.15, 0.2) is 40.9 Å². The van der Waals surface area contributed by atoms with Crippen LogP contribution < -0.4 is 5.32 Å². The molecule has 0 aromatic heterocycles. The first kappa shape index (κ1) is 15.5. The van der Waals surface area contributed by atoms with Crippen LogP contribution in [0.1, 0.15) is 22.7 Å². The lowest BCUT2D eigenvalue weighted by molar-refractivity contribution is 0.576. The Labute approximate surface area is 132 Å². The number of halogens is 3. The molecule has 0 heterocycles. The normalized spacial score (nSPS) is 12.4. The highest BCUT2D eigenvalue weighted by molar-refractivity contribution is 9.10. The quantitative estimate of drug-likeness (QED) is 0.808. The van der Waals surface area contributed by atoms with E-state index in [-0.39, 0.29) is 11.9 Å². The molecule has 2 aromatic carbocycles. The maximum absolute atomic E-state index is 13.5. The Kier molecular flexibility index (Phi) is 5.19. The molecule has 106 valence electrons. The molecule has 4 heteroatoms. The highest BCUT2D eigenvalue weighted by Crippen LogP contribution is 2.27. The molecule has 0 aliphatic rings. The third-order valence-corrected chi connectivity index (χ3v) is 4.10. The van der Waals surface area contributed by atoms with Crippen molar-refractivity contribution in [3.8, 4) is 0 Å². The largest absolute Gasteiger partial charge is 0.313 e. The van der Waals surface area contributed by atoms with Crippen molar-refractivity contribution in [1.29, 1.82) is 0 Å². The van der Waals surface area contributed by atoms with Gasteiger partial charge in [0.2, 0.25) is 0 Å². The Morgan fingerprint density at radius 2 is 2.00 bits per heavy atom. The molecule has 0 spiro atoms. The van der Waals surface area contributed by atoms with Crippen molar-refractivity contribution in [3.05, 3.63) is 68.4 Å². The topological polar surface area (TPSA) is 12.0 Å². The van der Waals surface area contributed by atoms with Crippen molar-refractivity contribution < 1.29 is 4.39 Å². The van der Waals surface area contributed by atoms with E-state index in [1.807, 2.05) is 38.2 Å². The molecule has 1 atom stereocenters. The van der Waals surface area contributed by atoms with Crippen LogP contribution in [-0.2, 0) is 6.42 Å². The lowest BCUT2D eigenvalue weighted by atomic mass is 9.97. The molecule has 1 nitrogen and oxygen atoms in total.